The minimum absolute atomic E-state index is 0.0367. The molecule has 1 aromatic carbocycles. The second kappa shape index (κ2) is 5.36. The van der Waals surface area contributed by atoms with E-state index in [9.17, 15) is 14.0 Å². The minimum Gasteiger partial charge on any atom is -0.481 e. The van der Waals surface area contributed by atoms with Gasteiger partial charge in [-0.05, 0) is 25.1 Å². The van der Waals surface area contributed by atoms with Gasteiger partial charge in [0.25, 0.3) is 0 Å². The van der Waals surface area contributed by atoms with Crippen LogP contribution in [0.3, 0.4) is 0 Å². The number of hydrogen-bond acceptors (Lipinski definition) is 3. The lowest BCUT2D eigenvalue weighted by Crippen LogP contribution is -2.42. The Hall–Kier alpha value is -1.95. The minimum atomic E-state index is -0.976. The van der Waals surface area contributed by atoms with Crippen LogP contribution >= 0.6 is 0 Å². The number of carboxylic acid groups (broad SMARTS) is 1. The Kier molecular flexibility index (Phi) is 3.80. The van der Waals surface area contributed by atoms with Crippen molar-refractivity contribution >= 4 is 17.6 Å². The van der Waals surface area contributed by atoms with E-state index in [1.54, 1.807) is 13.0 Å². The number of carbonyl (C=O) groups excluding carboxylic acids is 1. The zero-order chi connectivity index (χ0) is 14.0. The van der Waals surface area contributed by atoms with Crippen LogP contribution in [0.25, 0.3) is 0 Å². The largest absolute Gasteiger partial charge is 0.481 e. The number of anilines is 1. The molecule has 0 radical (unpaired) electrons. The SMILES string of the molecule is CC1NCC(C(=O)O)CN(c2cccc(F)c2)C1=O. The van der Waals surface area contributed by atoms with Crippen molar-refractivity contribution in [1.82, 2.24) is 5.32 Å². The Morgan fingerprint density at radius 2 is 2.26 bits per heavy atom. The number of carbonyl (C=O) groups is 2. The van der Waals surface area contributed by atoms with Gasteiger partial charge in [0.05, 0.1) is 12.0 Å². The molecule has 2 rings (SSSR count). The second-order valence-corrected chi connectivity index (χ2v) is 4.59. The van der Waals surface area contributed by atoms with Crippen molar-refractivity contribution in [2.24, 2.45) is 5.92 Å². The number of nitrogens with zero attached hydrogens (tertiary/aromatic N) is 1. The van der Waals surface area contributed by atoms with E-state index in [0.29, 0.717) is 5.69 Å². The van der Waals surface area contributed by atoms with Gasteiger partial charge in [0, 0.05) is 18.8 Å². The third kappa shape index (κ3) is 2.90. The highest BCUT2D eigenvalue weighted by atomic mass is 19.1. The highest BCUT2D eigenvalue weighted by Crippen LogP contribution is 2.20. The van der Waals surface area contributed by atoms with Gasteiger partial charge in [0.1, 0.15) is 5.82 Å². The molecule has 1 amide bonds. The molecular formula is C13H15FN2O3. The average molecular weight is 266 g/mol. The van der Waals surface area contributed by atoms with E-state index in [1.165, 1.54) is 23.1 Å². The monoisotopic (exact) mass is 266 g/mol. The summed E-state index contributed by atoms with van der Waals surface area (Å²) in [7, 11) is 0. The molecule has 1 saturated heterocycles. The first-order chi connectivity index (χ1) is 8.99. The van der Waals surface area contributed by atoms with Gasteiger partial charge >= 0.3 is 5.97 Å². The number of halogens is 1. The van der Waals surface area contributed by atoms with Crippen LogP contribution in [0.5, 0.6) is 0 Å². The molecule has 2 atom stereocenters. The van der Waals surface area contributed by atoms with Gasteiger partial charge in [0.15, 0.2) is 0 Å². The molecule has 1 aliphatic heterocycles. The number of benzene rings is 1. The van der Waals surface area contributed by atoms with Gasteiger partial charge in [0.2, 0.25) is 5.91 Å². The molecule has 2 N–H and O–H groups in total. The number of nitrogens with one attached hydrogen (secondary N) is 1. The lowest BCUT2D eigenvalue weighted by molar-refractivity contribution is -0.141. The van der Waals surface area contributed by atoms with Crippen molar-refractivity contribution in [3.8, 4) is 0 Å². The fraction of sp³-hybridized carbons (Fsp3) is 0.385. The van der Waals surface area contributed by atoms with E-state index in [-0.39, 0.29) is 19.0 Å². The summed E-state index contributed by atoms with van der Waals surface area (Å²) in [5.74, 6) is -2.40. The first kappa shape index (κ1) is 13.5. The summed E-state index contributed by atoms with van der Waals surface area (Å²) in [6.07, 6.45) is 0. The van der Waals surface area contributed by atoms with Gasteiger partial charge in [-0.1, -0.05) is 6.07 Å². The Labute approximate surface area is 110 Å². The highest BCUT2D eigenvalue weighted by Gasteiger charge is 2.32. The molecule has 102 valence electrons. The summed E-state index contributed by atoms with van der Waals surface area (Å²) in [4.78, 5) is 24.6. The molecule has 1 heterocycles. The normalized spacial score (nSPS) is 24.1. The van der Waals surface area contributed by atoms with Crippen molar-refractivity contribution in [1.29, 1.82) is 0 Å². The second-order valence-electron chi connectivity index (χ2n) is 4.59. The molecule has 1 fully saturated rings. The molecule has 0 bridgehead atoms. The molecule has 0 aliphatic carbocycles. The quantitative estimate of drug-likeness (QED) is 0.832. The summed E-state index contributed by atoms with van der Waals surface area (Å²) < 4.78 is 13.2. The summed E-state index contributed by atoms with van der Waals surface area (Å²) in [6, 6.07) is 5.11. The van der Waals surface area contributed by atoms with E-state index in [2.05, 4.69) is 5.32 Å². The van der Waals surface area contributed by atoms with Crippen molar-refractivity contribution in [2.75, 3.05) is 18.0 Å². The third-order valence-corrected chi connectivity index (χ3v) is 3.18. The molecule has 1 aromatic rings. The predicted molar refractivity (Wildman–Crippen MR) is 67.3 cm³/mol. The van der Waals surface area contributed by atoms with Gasteiger partial charge in [-0.15, -0.1) is 0 Å². The van der Waals surface area contributed by atoms with Crippen molar-refractivity contribution in [3.05, 3.63) is 30.1 Å². The highest BCUT2D eigenvalue weighted by molar-refractivity contribution is 5.98. The first-order valence-corrected chi connectivity index (χ1v) is 6.02. The van der Waals surface area contributed by atoms with E-state index >= 15 is 0 Å². The van der Waals surface area contributed by atoms with Crippen LogP contribution in [-0.4, -0.2) is 36.1 Å². The van der Waals surface area contributed by atoms with Crippen molar-refractivity contribution in [3.63, 3.8) is 0 Å². The Bertz CT molecular complexity index is 506. The zero-order valence-corrected chi connectivity index (χ0v) is 10.5. The molecular weight excluding hydrogens is 251 g/mol. The standard InChI is InChI=1S/C13H15FN2O3/c1-8-12(17)16(7-9(6-15-8)13(18)19)11-4-2-3-10(14)5-11/h2-5,8-9,15H,6-7H2,1H3,(H,18,19). The van der Waals surface area contributed by atoms with Gasteiger partial charge < -0.3 is 15.3 Å². The van der Waals surface area contributed by atoms with Crippen LogP contribution in [0.15, 0.2) is 24.3 Å². The summed E-state index contributed by atoms with van der Waals surface area (Å²) >= 11 is 0. The smallest absolute Gasteiger partial charge is 0.309 e. The summed E-state index contributed by atoms with van der Waals surface area (Å²) in [5.41, 5.74) is 0.381. The maximum atomic E-state index is 13.2. The zero-order valence-electron chi connectivity index (χ0n) is 10.5. The number of aliphatic carboxylic acids is 1. The third-order valence-electron chi connectivity index (χ3n) is 3.18. The molecule has 2 unspecified atom stereocenters. The summed E-state index contributed by atoms with van der Waals surface area (Å²) in [6.45, 7) is 1.92. The van der Waals surface area contributed by atoms with Crippen LogP contribution in [-0.2, 0) is 9.59 Å². The molecule has 1 aliphatic rings. The Morgan fingerprint density at radius 3 is 2.89 bits per heavy atom. The van der Waals surface area contributed by atoms with E-state index in [0.717, 1.165) is 0 Å². The van der Waals surface area contributed by atoms with Crippen LogP contribution in [0.1, 0.15) is 6.92 Å². The average Bonchev–Trinajstić information content (AvgIpc) is 2.51. The fourth-order valence-corrected chi connectivity index (χ4v) is 2.06. The van der Waals surface area contributed by atoms with Crippen molar-refractivity contribution < 1.29 is 19.1 Å². The van der Waals surface area contributed by atoms with Gasteiger partial charge in [-0.25, -0.2) is 4.39 Å². The lowest BCUT2D eigenvalue weighted by Gasteiger charge is -2.24. The number of carboxylic acids is 1. The lowest BCUT2D eigenvalue weighted by atomic mass is 10.1. The Balaban J connectivity index is 2.33. The van der Waals surface area contributed by atoms with Crippen LogP contribution in [0.4, 0.5) is 10.1 Å². The van der Waals surface area contributed by atoms with E-state index < -0.39 is 23.7 Å². The van der Waals surface area contributed by atoms with Crippen molar-refractivity contribution in [2.45, 2.75) is 13.0 Å². The molecule has 5 nitrogen and oxygen atoms in total. The topological polar surface area (TPSA) is 69.6 Å². The maximum absolute atomic E-state index is 13.2. The molecule has 19 heavy (non-hydrogen) atoms. The Morgan fingerprint density at radius 1 is 1.53 bits per heavy atom. The molecule has 0 aromatic heterocycles. The van der Waals surface area contributed by atoms with Crippen LogP contribution in [0, 0.1) is 11.7 Å². The number of hydrogen-bond donors (Lipinski definition) is 2. The van der Waals surface area contributed by atoms with Crippen LogP contribution < -0.4 is 10.2 Å². The predicted octanol–water partition coefficient (Wildman–Crippen LogP) is 0.851. The first-order valence-electron chi connectivity index (χ1n) is 6.02. The molecule has 0 spiro atoms. The van der Waals surface area contributed by atoms with E-state index in [4.69, 9.17) is 5.11 Å². The molecule has 0 saturated carbocycles. The van der Waals surface area contributed by atoms with Gasteiger partial charge in [-0.2, -0.15) is 0 Å². The molecule has 6 heteroatoms. The maximum Gasteiger partial charge on any atom is 0.309 e. The van der Waals surface area contributed by atoms with Crippen LogP contribution in [0.2, 0.25) is 0 Å². The summed E-state index contributed by atoms with van der Waals surface area (Å²) in [5, 5.41) is 12.0. The van der Waals surface area contributed by atoms with Gasteiger partial charge in [-0.3, -0.25) is 9.59 Å². The number of amides is 1. The fourth-order valence-electron chi connectivity index (χ4n) is 2.06. The van der Waals surface area contributed by atoms with E-state index in [1.807, 2.05) is 0 Å². The number of rotatable bonds is 2.